The summed E-state index contributed by atoms with van der Waals surface area (Å²) < 4.78 is 5.09. The van der Waals surface area contributed by atoms with Crippen LogP contribution in [-0.4, -0.2) is 62.7 Å². The Hall–Kier alpha value is -0.610. The second-order valence-electron chi connectivity index (χ2n) is 4.01. The average Bonchev–Trinajstić information content (AvgIpc) is 2.55. The Morgan fingerprint density at radius 3 is 2.57 bits per heavy atom. The van der Waals surface area contributed by atoms with Crippen molar-refractivity contribution in [3.63, 3.8) is 0 Å². The number of likely N-dealkylation sites (N-methyl/N-ethyl adjacent to an activating group) is 1. The van der Waals surface area contributed by atoms with Gasteiger partial charge in [0, 0.05) is 6.54 Å². The SMILES string of the molecule is CN(C)CC(=O)OCCN1CCCC1. The van der Waals surface area contributed by atoms with Gasteiger partial charge < -0.3 is 4.74 Å². The number of hydrogen-bond acceptors (Lipinski definition) is 4. The number of carbonyl (C=O) groups is 1. The third-order valence-electron chi connectivity index (χ3n) is 2.31. The molecule has 0 spiro atoms. The molecule has 0 aromatic rings. The van der Waals surface area contributed by atoms with Crippen LogP contribution in [0.4, 0.5) is 0 Å². The molecule has 82 valence electrons. The molecule has 1 aliphatic heterocycles. The van der Waals surface area contributed by atoms with Crippen molar-refractivity contribution >= 4 is 5.97 Å². The molecule has 0 unspecified atom stereocenters. The molecule has 1 saturated heterocycles. The summed E-state index contributed by atoms with van der Waals surface area (Å²) in [7, 11) is 3.73. The summed E-state index contributed by atoms with van der Waals surface area (Å²) in [4.78, 5) is 15.3. The quantitative estimate of drug-likeness (QED) is 0.593. The molecule has 0 atom stereocenters. The predicted octanol–water partition coefficient (Wildman–Crippen LogP) is 0.187. The van der Waals surface area contributed by atoms with E-state index in [1.54, 1.807) is 0 Å². The van der Waals surface area contributed by atoms with Gasteiger partial charge >= 0.3 is 5.97 Å². The summed E-state index contributed by atoms with van der Waals surface area (Å²) in [6, 6.07) is 0. The van der Waals surface area contributed by atoms with Gasteiger partial charge in [0.25, 0.3) is 0 Å². The Labute approximate surface area is 85.8 Å². The van der Waals surface area contributed by atoms with Crippen LogP contribution in [0.15, 0.2) is 0 Å². The van der Waals surface area contributed by atoms with Gasteiger partial charge in [-0.25, -0.2) is 0 Å². The van der Waals surface area contributed by atoms with Crippen LogP contribution in [-0.2, 0) is 9.53 Å². The van der Waals surface area contributed by atoms with Crippen molar-refractivity contribution in [2.24, 2.45) is 0 Å². The first-order valence-electron chi connectivity index (χ1n) is 5.21. The van der Waals surface area contributed by atoms with Gasteiger partial charge in [0.1, 0.15) is 6.61 Å². The van der Waals surface area contributed by atoms with Gasteiger partial charge in [-0.1, -0.05) is 0 Å². The first-order valence-corrected chi connectivity index (χ1v) is 5.21. The number of likely N-dealkylation sites (tertiary alicyclic amines) is 1. The highest BCUT2D eigenvalue weighted by molar-refractivity contribution is 5.71. The number of carbonyl (C=O) groups excluding carboxylic acids is 1. The summed E-state index contributed by atoms with van der Waals surface area (Å²) >= 11 is 0. The second kappa shape index (κ2) is 5.98. The third kappa shape index (κ3) is 4.58. The molecule has 4 nitrogen and oxygen atoms in total. The van der Waals surface area contributed by atoms with Gasteiger partial charge in [-0.2, -0.15) is 0 Å². The van der Waals surface area contributed by atoms with Crippen LogP contribution in [0.1, 0.15) is 12.8 Å². The Kier molecular flexibility index (Phi) is 4.90. The maximum atomic E-state index is 11.1. The molecule has 1 heterocycles. The van der Waals surface area contributed by atoms with Crippen LogP contribution in [0.25, 0.3) is 0 Å². The number of ether oxygens (including phenoxy) is 1. The van der Waals surface area contributed by atoms with E-state index in [0.29, 0.717) is 13.2 Å². The van der Waals surface area contributed by atoms with Crippen LogP contribution in [0.3, 0.4) is 0 Å². The molecule has 0 aromatic heterocycles. The van der Waals surface area contributed by atoms with E-state index in [1.807, 2.05) is 19.0 Å². The van der Waals surface area contributed by atoms with Gasteiger partial charge in [0.15, 0.2) is 0 Å². The highest BCUT2D eigenvalue weighted by Gasteiger charge is 2.11. The third-order valence-corrected chi connectivity index (χ3v) is 2.31. The normalized spacial score (nSPS) is 17.6. The first-order chi connectivity index (χ1) is 6.68. The smallest absolute Gasteiger partial charge is 0.320 e. The monoisotopic (exact) mass is 200 g/mol. The Balaban J connectivity index is 1.99. The molecule has 1 fully saturated rings. The van der Waals surface area contributed by atoms with Crippen LogP contribution in [0.5, 0.6) is 0 Å². The maximum absolute atomic E-state index is 11.1. The van der Waals surface area contributed by atoms with Gasteiger partial charge in [0.05, 0.1) is 6.54 Å². The number of nitrogens with zero attached hydrogens (tertiary/aromatic N) is 2. The lowest BCUT2D eigenvalue weighted by Crippen LogP contribution is -2.28. The van der Waals surface area contributed by atoms with E-state index in [2.05, 4.69) is 4.90 Å². The fourth-order valence-corrected chi connectivity index (χ4v) is 1.60. The Bertz CT molecular complexity index is 177. The van der Waals surface area contributed by atoms with E-state index in [9.17, 15) is 4.79 Å². The summed E-state index contributed by atoms with van der Waals surface area (Å²) in [5.74, 6) is -0.130. The van der Waals surface area contributed by atoms with Crippen molar-refractivity contribution in [2.45, 2.75) is 12.8 Å². The minimum Gasteiger partial charge on any atom is -0.463 e. The van der Waals surface area contributed by atoms with Crippen molar-refractivity contribution in [2.75, 3.05) is 46.9 Å². The molecule has 0 N–H and O–H groups in total. The average molecular weight is 200 g/mol. The Morgan fingerprint density at radius 2 is 2.00 bits per heavy atom. The van der Waals surface area contributed by atoms with Crippen LogP contribution >= 0.6 is 0 Å². The van der Waals surface area contributed by atoms with E-state index >= 15 is 0 Å². The number of esters is 1. The van der Waals surface area contributed by atoms with E-state index in [1.165, 1.54) is 12.8 Å². The fraction of sp³-hybridized carbons (Fsp3) is 0.900. The lowest BCUT2D eigenvalue weighted by Gasteiger charge is -2.15. The minimum absolute atomic E-state index is 0.130. The summed E-state index contributed by atoms with van der Waals surface area (Å²) in [5.41, 5.74) is 0. The van der Waals surface area contributed by atoms with Gasteiger partial charge in [0.2, 0.25) is 0 Å². The zero-order valence-corrected chi connectivity index (χ0v) is 9.16. The predicted molar refractivity (Wildman–Crippen MR) is 55.2 cm³/mol. The molecule has 4 heteroatoms. The number of rotatable bonds is 5. The maximum Gasteiger partial charge on any atom is 0.320 e. The van der Waals surface area contributed by atoms with E-state index in [-0.39, 0.29) is 5.97 Å². The molecule has 0 amide bonds. The standard InChI is InChI=1S/C10H20N2O2/c1-11(2)9-10(13)14-8-7-12-5-3-4-6-12/h3-9H2,1-2H3. The summed E-state index contributed by atoms with van der Waals surface area (Å²) in [5, 5.41) is 0. The minimum atomic E-state index is -0.130. The summed E-state index contributed by atoms with van der Waals surface area (Å²) in [6.07, 6.45) is 2.57. The largest absolute Gasteiger partial charge is 0.463 e. The second-order valence-corrected chi connectivity index (χ2v) is 4.01. The molecule has 0 bridgehead atoms. The van der Waals surface area contributed by atoms with Crippen molar-refractivity contribution in [1.82, 2.24) is 9.80 Å². The summed E-state index contributed by atoms with van der Waals surface area (Å²) in [6.45, 7) is 4.11. The van der Waals surface area contributed by atoms with E-state index in [0.717, 1.165) is 19.6 Å². The molecule has 0 radical (unpaired) electrons. The molecule has 0 aliphatic carbocycles. The number of hydrogen-bond donors (Lipinski definition) is 0. The van der Waals surface area contributed by atoms with E-state index < -0.39 is 0 Å². The van der Waals surface area contributed by atoms with Crippen LogP contribution in [0.2, 0.25) is 0 Å². The molecule has 1 aliphatic rings. The Morgan fingerprint density at radius 1 is 1.36 bits per heavy atom. The molecule has 14 heavy (non-hydrogen) atoms. The van der Waals surface area contributed by atoms with Crippen LogP contribution in [0, 0.1) is 0 Å². The molecule has 1 rings (SSSR count). The highest BCUT2D eigenvalue weighted by Crippen LogP contribution is 2.05. The van der Waals surface area contributed by atoms with Crippen molar-refractivity contribution < 1.29 is 9.53 Å². The topological polar surface area (TPSA) is 32.8 Å². The first kappa shape index (κ1) is 11.5. The molecule has 0 saturated carbocycles. The zero-order chi connectivity index (χ0) is 10.4. The van der Waals surface area contributed by atoms with Crippen molar-refractivity contribution in [3.8, 4) is 0 Å². The molecule has 0 aromatic carbocycles. The lowest BCUT2D eigenvalue weighted by atomic mass is 10.4. The molecular formula is C10H20N2O2. The van der Waals surface area contributed by atoms with E-state index in [4.69, 9.17) is 4.74 Å². The fourth-order valence-electron chi connectivity index (χ4n) is 1.60. The van der Waals surface area contributed by atoms with Crippen LogP contribution < -0.4 is 0 Å². The van der Waals surface area contributed by atoms with Crippen molar-refractivity contribution in [3.05, 3.63) is 0 Å². The van der Waals surface area contributed by atoms with Gasteiger partial charge in [-0.3, -0.25) is 14.6 Å². The van der Waals surface area contributed by atoms with Gasteiger partial charge in [-0.15, -0.1) is 0 Å². The van der Waals surface area contributed by atoms with Gasteiger partial charge in [-0.05, 0) is 40.0 Å². The van der Waals surface area contributed by atoms with Crippen molar-refractivity contribution in [1.29, 1.82) is 0 Å². The molecular weight excluding hydrogens is 180 g/mol. The highest BCUT2D eigenvalue weighted by atomic mass is 16.5. The zero-order valence-electron chi connectivity index (χ0n) is 9.16. The lowest BCUT2D eigenvalue weighted by molar-refractivity contribution is -0.144.